The Morgan fingerprint density at radius 3 is 1.36 bits per heavy atom. The smallest absolute Gasteiger partial charge is 0.235 e. The van der Waals surface area contributed by atoms with Gasteiger partial charge in [0.05, 0.1) is 28.5 Å². The van der Waals surface area contributed by atoms with Gasteiger partial charge in [0.2, 0.25) is 5.95 Å². The third-order valence-corrected chi connectivity index (χ3v) is 16.0. The molecule has 15 rings (SSSR count). The Bertz CT molecular complexity index is 4360. The van der Waals surface area contributed by atoms with Crippen molar-refractivity contribution in [3.05, 3.63) is 302 Å². The molecular weight excluding hydrogens is 945 g/mol. The van der Waals surface area contributed by atoms with Crippen LogP contribution in [0, 0.1) is 0 Å². The molecule has 2 aromatic heterocycles. The summed E-state index contributed by atoms with van der Waals surface area (Å²) < 4.78 is 2.27. The summed E-state index contributed by atoms with van der Waals surface area (Å²) in [5.41, 5.74) is 21.5. The molecule has 0 amide bonds. The van der Waals surface area contributed by atoms with E-state index in [1.807, 2.05) is 0 Å². The second-order valence-corrected chi connectivity index (χ2v) is 20.5. The maximum atomic E-state index is 5.49. The lowest BCUT2D eigenvalue weighted by Gasteiger charge is -2.30. The molecule has 2 atom stereocenters. The first-order valence-electron chi connectivity index (χ1n) is 26.9. The minimum absolute atomic E-state index is 0.0994. The largest absolute Gasteiger partial charge is 0.333 e. The van der Waals surface area contributed by atoms with Crippen LogP contribution in [0.2, 0.25) is 0 Å². The molecule has 1 aliphatic carbocycles. The summed E-state index contributed by atoms with van der Waals surface area (Å²) in [4.78, 5) is 13.6. The first-order chi connectivity index (χ1) is 38.6. The zero-order chi connectivity index (χ0) is 51.5. The Morgan fingerprint density at radius 1 is 0.321 bits per heavy atom. The lowest BCUT2D eigenvalue weighted by molar-refractivity contribution is 0.748. The zero-order valence-corrected chi connectivity index (χ0v) is 42.7. The van der Waals surface area contributed by atoms with Gasteiger partial charge < -0.3 is 4.90 Å². The molecule has 0 spiro atoms. The topological polar surface area (TPSA) is 34.0 Å². The molecular formula is C74H50N4. The SMILES string of the molecule is C1=CC2C(C=C1c1ccc3c(c1)c1cc(-c4ccccc4)ccc1n3-c1nc(-c3ccc(-c4ccccc4)cc3)cc(-c3ccc(-c4ccccc4)cc3)n1)c1cc(-c3ccccc3)ccc1N2c1cccc2ccccc12. The van der Waals surface area contributed by atoms with E-state index < -0.39 is 0 Å². The van der Waals surface area contributed by atoms with Crippen LogP contribution in [0.5, 0.6) is 0 Å². The van der Waals surface area contributed by atoms with Crippen molar-refractivity contribution >= 4 is 49.5 Å². The summed E-state index contributed by atoms with van der Waals surface area (Å²) >= 11 is 0. The molecule has 0 bridgehead atoms. The van der Waals surface area contributed by atoms with Crippen LogP contribution in [0.3, 0.4) is 0 Å². The Labute approximate surface area is 453 Å². The lowest BCUT2D eigenvalue weighted by Crippen LogP contribution is -2.29. The van der Waals surface area contributed by atoms with Gasteiger partial charge in [0.1, 0.15) is 0 Å². The van der Waals surface area contributed by atoms with E-state index in [-0.39, 0.29) is 12.0 Å². The number of aromatic nitrogens is 3. The first kappa shape index (κ1) is 45.3. The van der Waals surface area contributed by atoms with Crippen molar-refractivity contribution in [2.24, 2.45) is 0 Å². The number of rotatable bonds is 9. The Balaban J connectivity index is 0.892. The number of hydrogen-bond acceptors (Lipinski definition) is 3. The molecule has 2 unspecified atom stereocenters. The second-order valence-electron chi connectivity index (χ2n) is 20.5. The van der Waals surface area contributed by atoms with Crippen molar-refractivity contribution < 1.29 is 0 Å². The average Bonchev–Trinajstić information content (AvgIpc) is 4.06. The van der Waals surface area contributed by atoms with Gasteiger partial charge >= 0.3 is 0 Å². The highest BCUT2D eigenvalue weighted by molar-refractivity contribution is 6.11. The summed E-state index contributed by atoms with van der Waals surface area (Å²) in [6.45, 7) is 0. The van der Waals surface area contributed by atoms with E-state index in [9.17, 15) is 0 Å². The van der Waals surface area contributed by atoms with E-state index >= 15 is 0 Å². The van der Waals surface area contributed by atoms with E-state index in [2.05, 4.69) is 301 Å². The van der Waals surface area contributed by atoms with Gasteiger partial charge in [-0.3, -0.25) is 4.57 Å². The van der Waals surface area contributed by atoms with Crippen LogP contribution in [-0.2, 0) is 0 Å². The number of allylic oxidation sites excluding steroid dienone is 2. The van der Waals surface area contributed by atoms with Gasteiger partial charge in [-0.15, -0.1) is 0 Å². The van der Waals surface area contributed by atoms with Crippen molar-refractivity contribution in [3.8, 4) is 73.0 Å². The van der Waals surface area contributed by atoms with Crippen LogP contribution in [0.15, 0.2) is 291 Å². The molecule has 0 N–H and O–H groups in total. The predicted octanol–water partition coefficient (Wildman–Crippen LogP) is 19.0. The molecule has 0 fully saturated rings. The van der Waals surface area contributed by atoms with Gasteiger partial charge in [0.15, 0.2) is 0 Å². The second kappa shape index (κ2) is 18.9. The molecule has 13 aromatic rings. The van der Waals surface area contributed by atoms with Crippen molar-refractivity contribution in [2.45, 2.75) is 12.0 Å². The number of nitrogens with zero attached hydrogens (tertiary/aromatic N) is 4. The van der Waals surface area contributed by atoms with Crippen LogP contribution in [0.25, 0.3) is 111 Å². The van der Waals surface area contributed by atoms with Crippen molar-refractivity contribution in [2.75, 3.05) is 4.90 Å². The van der Waals surface area contributed by atoms with Gasteiger partial charge in [0, 0.05) is 44.6 Å². The molecule has 4 nitrogen and oxygen atoms in total. The predicted molar refractivity (Wildman–Crippen MR) is 325 cm³/mol. The Kier molecular flexibility index (Phi) is 11.0. The minimum Gasteiger partial charge on any atom is -0.333 e. The van der Waals surface area contributed by atoms with Crippen LogP contribution < -0.4 is 4.90 Å². The van der Waals surface area contributed by atoms with E-state index in [0.29, 0.717) is 5.95 Å². The molecule has 366 valence electrons. The summed E-state index contributed by atoms with van der Waals surface area (Å²) in [6.07, 6.45) is 7.30. The van der Waals surface area contributed by atoms with Gasteiger partial charge in [-0.2, -0.15) is 0 Å². The normalized spacial score (nSPS) is 14.7. The third kappa shape index (κ3) is 7.93. The van der Waals surface area contributed by atoms with Crippen LogP contribution in [0.4, 0.5) is 11.4 Å². The average molecular weight is 995 g/mol. The van der Waals surface area contributed by atoms with E-state index in [4.69, 9.17) is 9.97 Å². The molecule has 0 saturated heterocycles. The van der Waals surface area contributed by atoms with Crippen LogP contribution in [-0.4, -0.2) is 20.6 Å². The van der Waals surface area contributed by atoms with E-state index in [1.165, 1.54) is 61.1 Å². The molecule has 3 heterocycles. The molecule has 0 radical (unpaired) electrons. The van der Waals surface area contributed by atoms with Crippen LogP contribution >= 0.6 is 0 Å². The molecule has 2 aliphatic rings. The first-order valence-corrected chi connectivity index (χ1v) is 26.9. The highest BCUT2D eigenvalue weighted by Crippen LogP contribution is 2.52. The van der Waals surface area contributed by atoms with Gasteiger partial charge in [-0.1, -0.05) is 243 Å². The quantitative estimate of drug-likeness (QED) is 0.144. The maximum Gasteiger partial charge on any atom is 0.235 e. The molecule has 11 aromatic carbocycles. The number of fused-ring (bicyclic) bond motifs is 7. The fourth-order valence-corrected chi connectivity index (χ4v) is 12.1. The molecule has 1 aliphatic heterocycles. The zero-order valence-electron chi connectivity index (χ0n) is 42.7. The minimum atomic E-state index is 0.0994. The molecule has 78 heavy (non-hydrogen) atoms. The Hall–Kier alpha value is -10.2. The summed E-state index contributed by atoms with van der Waals surface area (Å²) in [6, 6.07) is 98.6. The van der Waals surface area contributed by atoms with Gasteiger partial charge in [-0.05, 0) is 115 Å². The van der Waals surface area contributed by atoms with Gasteiger partial charge in [-0.25, -0.2) is 9.97 Å². The summed E-state index contributed by atoms with van der Waals surface area (Å²) in [5.74, 6) is 0.731. The lowest BCUT2D eigenvalue weighted by atomic mass is 9.85. The van der Waals surface area contributed by atoms with E-state index in [1.54, 1.807) is 0 Å². The fraction of sp³-hybridized carbons (Fsp3) is 0.0270. The number of hydrogen-bond donors (Lipinski definition) is 0. The van der Waals surface area contributed by atoms with Crippen molar-refractivity contribution in [3.63, 3.8) is 0 Å². The third-order valence-electron chi connectivity index (χ3n) is 16.0. The summed E-state index contributed by atoms with van der Waals surface area (Å²) in [5, 5.41) is 4.77. The van der Waals surface area contributed by atoms with Crippen molar-refractivity contribution in [1.29, 1.82) is 0 Å². The van der Waals surface area contributed by atoms with Crippen LogP contribution in [0.1, 0.15) is 17.0 Å². The molecule has 0 saturated carbocycles. The highest BCUT2D eigenvalue weighted by atomic mass is 15.2. The monoisotopic (exact) mass is 994 g/mol. The maximum absolute atomic E-state index is 5.49. The molecule has 4 heteroatoms. The number of anilines is 2. The fourth-order valence-electron chi connectivity index (χ4n) is 12.1. The summed E-state index contributed by atoms with van der Waals surface area (Å²) in [7, 11) is 0. The van der Waals surface area contributed by atoms with E-state index in [0.717, 1.165) is 66.6 Å². The van der Waals surface area contributed by atoms with Crippen molar-refractivity contribution in [1.82, 2.24) is 14.5 Å². The number of benzene rings is 11. The Morgan fingerprint density at radius 2 is 0.769 bits per heavy atom. The highest BCUT2D eigenvalue weighted by Gasteiger charge is 2.39. The standard InChI is InChI=1S/C74H50N4/c1-5-16-49(17-6-1)53-28-32-56(33-29-53)67-48-68(57-34-30-54(31-35-57)50-18-7-2-8-19-50)76-74(75-67)78-72-42-37-59(52-22-11-4-12-23-52)45-65(72)66-47-61(39-43-73(66)78)60-38-41-71-64(46-60)63-44-58(51-20-9-3-10-21-51)36-40-70(63)77(71)69-27-15-25-55-24-13-14-26-62(55)69/h1-48,64,71H. The van der Waals surface area contributed by atoms with Gasteiger partial charge in [0.25, 0.3) is 0 Å².